The van der Waals surface area contributed by atoms with Crippen LogP contribution < -0.4 is 20.1 Å². The Balaban J connectivity index is 1.26. The number of carbonyl (C=O) groups excluding carboxylic acids is 2. The van der Waals surface area contributed by atoms with Gasteiger partial charge in [-0.25, -0.2) is 19.4 Å². The van der Waals surface area contributed by atoms with Gasteiger partial charge in [0.2, 0.25) is 0 Å². The molecule has 5 aromatic rings. The molecule has 12 heteroatoms. The Labute approximate surface area is 272 Å². The number of benzene rings is 2. The zero-order valence-corrected chi connectivity index (χ0v) is 26.8. The number of rotatable bonds is 9. The summed E-state index contributed by atoms with van der Waals surface area (Å²) in [5, 5.41) is 12.0. The fraction of sp³-hybridized carbons (Fsp3) is 0.286. The van der Waals surface area contributed by atoms with Crippen LogP contribution in [0.25, 0.3) is 11.0 Å². The number of fused-ring (bicyclic) bond motifs is 1. The van der Waals surface area contributed by atoms with Crippen molar-refractivity contribution in [2.75, 3.05) is 30.8 Å². The van der Waals surface area contributed by atoms with Crippen LogP contribution in [-0.4, -0.2) is 68.5 Å². The Morgan fingerprint density at radius 1 is 0.936 bits per heavy atom. The van der Waals surface area contributed by atoms with Crippen molar-refractivity contribution in [1.29, 1.82) is 0 Å². The highest BCUT2D eigenvalue weighted by atomic mass is 16.6. The minimum atomic E-state index is -0.571. The van der Waals surface area contributed by atoms with Gasteiger partial charge in [-0.2, -0.15) is 5.10 Å². The molecule has 1 aliphatic heterocycles. The second-order valence-electron chi connectivity index (χ2n) is 12.2. The van der Waals surface area contributed by atoms with Crippen molar-refractivity contribution in [3.8, 4) is 17.2 Å². The summed E-state index contributed by atoms with van der Waals surface area (Å²) in [6.45, 7) is 7.08. The first kappa shape index (κ1) is 31.3. The lowest BCUT2D eigenvalue weighted by molar-refractivity contribution is 0.0293. The number of methoxy groups -OCH3 is 1. The maximum absolute atomic E-state index is 12.7. The molecular formula is C35H37N7O5. The fourth-order valence-corrected chi connectivity index (χ4v) is 5.26. The summed E-state index contributed by atoms with van der Waals surface area (Å²) in [4.78, 5) is 36.0. The van der Waals surface area contributed by atoms with E-state index in [1.54, 1.807) is 72.9 Å². The van der Waals surface area contributed by atoms with Gasteiger partial charge < -0.3 is 29.7 Å². The van der Waals surface area contributed by atoms with Gasteiger partial charge in [0.1, 0.15) is 34.1 Å². The second-order valence-corrected chi connectivity index (χ2v) is 12.2. The normalized spacial score (nSPS) is 14.6. The van der Waals surface area contributed by atoms with Gasteiger partial charge in [0.25, 0.3) is 5.91 Å². The molecule has 242 valence electrons. The van der Waals surface area contributed by atoms with Crippen molar-refractivity contribution in [3.63, 3.8) is 0 Å². The van der Waals surface area contributed by atoms with E-state index in [0.717, 1.165) is 17.7 Å². The highest BCUT2D eigenvalue weighted by Crippen LogP contribution is 2.35. The van der Waals surface area contributed by atoms with Crippen LogP contribution in [0.15, 0.2) is 85.2 Å². The van der Waals surface area contributed by atoms with Crippen LogP contribution in [0.2, 0.25) is 0 Å². The van der Waals surface area contributed by atoms with Gasteiger partial charge in [0.05, 0.1) is 13.7 Å². The number of hydrogen-bond donors (Lipinski definition) is 2. The van der Waals surface area contributed by atoms with E-state index in [1.807, 2.05) is 49.7 Å². The third-order valence-electron chi connectivity index (χ3n) is 7.52. The van der Waals surface area contributed by atoms with Crippen molar-refractivity contribution in [2.45, 2.75) is 45.4 Å². The summed E-state index contributed by atoms with van der Waals surface area (Å²) in [5.41, 5.74) is 1.55. The smallest absolute Gasteiger partial charge is 0.410 e. The summed E-state index contributed by atoms with van der Waals surface area (Å²) >= 11 is 0. The maximum Gasteiger partial charge on any atom is 0.410 e. The van der Waals surface area contributed by atoms with E-state index in [0.29, 0.717) is 59.4 Å². The first-order valence-electron chi connectivity index (χ1n) is 15.4. The number of nitrogens with one attached hydrogen (secondary N) is 2. The van der Waals surface area contributed by atoms with E-state index < -0.39 is 5.60 Å². The molecule has 2 N–H and O–H groups in total. The quantitative estimate of drug-likeness (QED) is 0.190. The van der Waals surface area contributed by atoms with Crippen molar-refractivity contribution >= 4 is 34.7 Å². The van der Waals surface area contributed by atoms with Crippen LogP contribution in [0.5, 0.6) is 17.2 Å². The number of aromatic nitrogens is 4. The van der Waals surface area contributed by atoms with Crippen molar-refractivity contribution in [1.82, 2.24) is 24.6 Å². The molecule has 2 amide bonds. The van der Waals surface area contributed by atoms with Crippen LogP contribution in [0.1, 0.15) is 43.1 Å². The molecule has 1 fully saturated rings. The van der Waals surface area contributed by atoms with Crippen LogP contribution in [0.4, 0.5) is 16.4 Å². The summed E-state index contributed by atoms with van der Waals surface area (Å²) in [6, 6.07) is 21.7. The number of pyridine rings is 2. The first-order valence-corrected chi connectivity index (χ1v) is 15.4. The summed E-state index contributed by atoms with van der Waals surface area (Å²) in [5.74, 6) is 2.65. The lowest BCUT2D eigenvalue weighted by Gasteiger charge is -2.24. The third-order valence-corrected chi connectivity index (χ3v) is 7.52. The number of ether oxygens (including phenoxy) is 3. The van der Waals surface area contributed by atoms with Gasteiger partial charge in [-0.3, -0.25) is 4.79 Å². The molecule has 12 nitrogen and oxygen atoms in total. The largest absolute Gasteiger partial charge is 0.497 e. The van der Waals surface area contributed by atoms with Crippen LogP contribution in [0.3, 0.4) is 0 Å². The monoisotopic (exact) mass is 635 g/mol. The molecular weight excluding hydrogens is 598 g/mol. The molecule has 47 heavy (non-hydrogen) atoms. The molecule has 6 rings (SSSR count). The predicted octanol–water partition coefficient (Wildman–Crippen LogP) is 6.35. The van der Waals surface area contributed by atoms with Crippen LogP contribution in [-0.2, 0) is 11.3 Å². The van der Waals surface area contributed by atoms with E-state index in [9.17, 15) is 9.59 Å². The number of amides is 2. The zero-order valence-electron chi connectivity index (χ0n) is 26.8. The van der Waals surface area contributed by atoms with E-state index >= 15 is 0 Å². The van der Waals surface area contributed by atoms with Crippen LogP contribution in [0, 0.1) is 0 Å². The lowest BCUT2D eigenvalue weighted by atomic mass is 10.2. The minimum absolute atomic E-state index is 0.0555. The zero-order chi connectivity index (χ0) is 33.0. The lowest BCUT2D eigenvalue weighted by Crippen LogP contribution is -2.36. The maximum atomic E-state index is 12.7. The Bertz CT molecular complexity index is 1850. The van der Waals surface area contributed by atoms with Gasteiger partial charge in [-0.15, -0.1) is 0 Å². The number of likely N-dealkylation sites (tertiary alicyclic amines) is 1. The van der Waals surface area contributed by atoms with E-state index in [1.165, 1.54) is 0 Å². The molecule has 0 bridgehead atoms. The Kier molecular flexibility index (Phi) is 8.92. The molecule has 4 heterocycles. The first-order chi connectivity index (χ1) is 22.6. The molecule has 0 aliphatic carbocycles. The van der Waals surface area contributed by atoms with Gasteiger partial charge in [0.15, 0.2) is 11.5 Å². The molecule has 1 atom stereocenters. The molecule has 0 radical (unpaired) electrons. The Morgan fingerprint density at radius 3 is 2.40 bits per heavy atom. The number of hydrogen-bond acceptors (Lipinski definition) is 9. The summed E-state index contributed by atoms with van der Waals surface area (Å²) < 4.78 is 19.1. The molecule has 3 aromatic heterocycles. The average molecular weight is 636 g/mol. The van der Waals surface area contributed by atoms with E-state index in [4.69, 9.17) is 19.3 Å². The topological polar surface area (TPSA) is 133 Å². The standard InChI is InChI=1S/C35H37N7O5/c1-35(2,3)47-34(44)41-20-17-25(22-41)38-31-30-28(16-19-37-32(30)42(40-31)21-23-8-12-26(45-4)13-9-23)46-27-14-10-24(11-15-27)33(43)39-29-7-5-6-18-36-29/h5-16,18-19,25H,17,20-22H2,1-4H3,(H,38,40)(H,36,39,43)/t25-/m1/s1. The average Bonchev–Trinajstić information content (AvgIpc) is 3.67. The third kappa shape index (κ3) is 7.60. The number of anilines is 2. The summed E-state index contributed by atoms with van der Waals surface area (Å²) in [7, 11) is 1.64. The molecule has 2 aromatic carbocycles. The van der Waals surface area contributed by atoms with Crippen molar-refractivity contribution in [3.05, 3.63) is 96.3 Å². The number of nitrogens with zero attached hydrogens (tertiary/aromatic N) is 5. The molecule has 0 spiro atoms. The van der Waals surface area contributed by atoms with E-state index in [-0.39, 0.29) is 18.0 Å². The predicted molar refractivity (Wildman–Crippen MR) is 178 cm³/mol. The highest BCUT2D eigenvalue weighted by molar-refractivity contribution is 6.03. The number of carbonyl (C=O) groups is 2. The Hall–Kier alpha value is -5.65. The molecule has 1 saturated heterocycles. The molecule has 0 unspecified atom stereocenters. The van der Waals surface area contributed by atoms with Gasteiger partial charge >= 0.3 is 6.09 Å². The fourth-order valence-electron chi connectivity index (χ4n) is 5.26. The molecule has 1 aliphatic rings. The van der Waals surface area contributed by atoms with Crippen molar-refractivity contribution in [2.24, 2.45) is 0 Å². The molecule has 0 saturated carbocycles. The second kappa shape index (κ2) is 13.4. The van der Waals surface area contributed by atoms with Gasteiger partial charge in [-0.1, -0.05) is 18.2 Å². The van der Waals surface area contributed by atoms with Crippen molar-refractivity contribution < 1.29 is 23.8 Å². The minimum Gasteiger partial charge on any atom is -0.497 e. The Morgan fingerprint density at radius 2 is 1.70 bits per heavy atom. The van der Waals surface area contributed by atoms with Gasteiger partial charge in [-0.05, 0) is 81.3 Å². The van der Waals surface area contributed by atoms with E-state index in [2.05, 4.69) is 20.6 Å². The highest BCUT2D eigenvalue weighted by Gasteiger charge is 2.31. The van der Waals surface area contributed by atoms with Crippen LogP contribution >= 0.6 is 0 Å². The summed E-state index contributed by atoms with van der Waals surface area (Å²) in [6.07, 6.45) is 3.69. The SMILES string of the molecule is COc1ccc(Cn2nc(N[C@@H]3CCN(C(=O)OC(C)(C)C)C3)c3c(Oc4ccc(C(=O)Nc5ccccn5)cc4)ccnc32)cc1. The van der Waals surface area contributed by atoms with Gasteiger partial charge in [0, 0.05) is 43.2 Å².